The van der Waals surface area contributed by atoms with Crippen LogP contribution in [0.1, 0.15) is 31.9 Å². The topological polar surface area (TPSA) is 87.4 Å². The van der Waals surface area contributed by atoms with Crippen LogP contribution in [-0.4, -0.2) is 59.8 Å². The van der Waals surface area contributed by atoms with Crippen LogP contribution in [0.4, 0.5) is 10.1 Å². The van der Waals surface area contributed by atoms with E-state index in [4.69, 9.17) is 16.3 Å². The minimum Gasteiger partial charge on any atom is -0.493 e. The summed E-state index contributed by atoms with van der Waals surface area (Å²) in [6.45, 7) is 14.9. The van der Waals surface area contributed by atoms with Crippen molar-refractivity contribution in [3.63, 3.8) is 0 Å². The molecule has 3 aromatic heterocycles. The van der Waals surface area contributed by atoms with Crippen LogP contribution in [-0.2, 0) is 6.54 Å². The second-order valence-corrected chi connectivity index (χ2v) is 9.44. The lowest BCUT2D eigenvalue weighted by molar-refractivity contribution is 0.253. The first-order valence-corrected chi connectivity index (χ1v) is 13.0. The molecule has 5 aromatic rings. The monoisotopic (exact) mass is 526 g/mol. The maximum atomic E-state index is 14.0. The van der Waals surface area contributed by atoms with E-state index in [0.717, 1.165) is 18.7 Å². The van der Waals surface area contributed by atoms with Crippen molar-refractivity contribution >= 4 is 27.9 Å². The lowest BCUT2D eigenvalue weighted by Crippen LogP contribution is -2.34. The molecule has 1 aliphatic rings. The van der Waals surface area contributed by atoms with Crippen LogP contribution in [0.2, 0.25) is 0 Å². The van der Waals surface area contributed by atoms with Crippen LogP contribution in [0.5, 0.6) is 5.75 Å². The molecule has 0 spiro atoms. The Morgan fingerprint density at radius 1 is 1.15 bits per heavy atom. The number of hydrogen-bond acceptors (Lipinski definition) is 6. The Kier molecular flexibility index (Phi) is 6.32. The van der Waals surface area contributed by atoms with Crippen molar-refractivity contribution in [2.75, 3.05) is 26.2 Å². The standard InChI is InChI=1S/C28H27FN8O2/c1-4-34(5-2)11-12-35-24-16-31-27(36-17-32-21-9-7-19(30-3)15-23(21)36)33-26(24)37(28(35)38)22-10-13-39-25-14-18(29)6-8-20(22)25/h6-9,14-17,22H,4-5,10-13H2,1-2H3/t22-/m1/s1. The summed E-state index contributed by atoms with van der Waals surface area (Å²) >= 11 is 0. The summed E-state index contributed by atoms with van der Waals surface area (Å²) in [5.74, 6) is 0.385. The molecule has 39 heavy (non-hydrogen) atoms. The van der Waals surface area contributed by atoms with E-state index >= 15 is 0 Å². The van der Waals surface area contributed by atoms with Gasteiger partial charge in [-0.3, -0.25) is 13.7 Å². The molecular formula is C28H27FN8O2. The zero-order valence-electron chi connectivity index (χ0n) is 21.7. The van der Waals surface area contributed by atoms with Crippen molar-refractivity contribution in [1.82, 2.24) is 33.6 Å². The number of aromatic nitrogens is 6. The van der Waals surface area contributed by atoms with E-state index in [1.807, 2.05) is 0 Å². The van der Waals surface area contributed by atoms with Gasteiger partial charge in [-0.1, -0.05) is 26.0 Å². The van der Waals surface area contributed by atoms with Crippen molar-refractivity contribution in [2.24, 2.45) is 0 Å². The van der Waals surface area contributed by atoms with Gasteiger partial charge in [-0.05, 0) is 31.3 Å². The molecule has 0 saturated carbocycles. The average molecular weight is 527 g/mol. The lowest BCUT2D eigenvalue weighted by Gasteiger charge is -2.26. The molecule has 0 unspecified atom stereocenters. The molecule has 6 rings (SSSR count). The molecule has 0 bridgehead atoms. The molecule has 1 atom stereocenters. The number of likely N-dealkylation sites (N-methyl/N-ethyl adjacent to an activating group) is 1. The van der Waals surface area contributed by atoms with Gasteiger partial charge in [0.1, 0.15) is 23.4 Å². The Morgan fingerprint density at radius 2 is 2.00 bits per heavy atom. The van der Waals surface area contributed by atoms with Gasteiger partial charge in [0.2, 0.25) is 5.95 Å². The fraction of sp³-hybridized carbons (Fsp3) is 0.321. The normalized spacial score (nSPS) is 15.0. The quantitative estimate of drug-likeness (QED) is 0.293. The highest BCUT2D eigenvalue weighted by atomic mass is 19.1. The lowest BCUT2D eigenvalue weighted by atomic mass is 10.0. The first-order valence-electron chi connectivity index (χ1n) is 13.0. The summed E-state index contributed by atoms with van der Waals surface area (Å²) in [6.07, 6.45) is 3.83. The van der Waals surface area contributed by atoms with Crippen LogP contribution in [0.3, 0.4) is 0 Å². The molecule has 0 fully saturated rings. The van der Waals surface area contributed by atoms with E-state index in [9.17, 15) is 9.18 Å². The zero-order valence-corrected chi connectivity index (χ0v) is 21.7. The Labute approximate surface area is 223 Å². The van der Waals surface area contributed by atoms with Crippen molar-refractivity contribution < 1.29 is 9.13 Å². The Balaban J connectivity index is 1.55. The van der Waals surface area contributed by atoms with Crippen molar-refractivity contribution in [2.45, 2.75) is 32.9 Å². The fourth-order valence-corrected chi connectivity index (χ4v) is 5.28. The molecule has 0 aliphatic carbocycles. The Morgan fingerprint density at radius 3 is 2.79 bits per heavy atom. The SMILES string of the molecule is [C-]#[N+]c1ccc2ncn(-c3ncc4c(n3)n([C@@H]3CCOc5cc(F)ccc53)c(=O)n4CCN(CC)CC)c2c1. The molecule has 198 valence electrons. The first-order chi connectivity index (χ1) is 19.0. The molecule has 0 radical (unpaired) electrons. The largest absolute Gasteiger partial charge is 0.493 e. The van der Waals surface area contributed by atoms with Gasteiger partial charge in [0, 0.05) is 31.1 Å². The minimum atomic E-state index is -0.390. The first kappa shape index (κ1) is 24.8. The number of rotatable bonds is 7. The number of fused-ring (bicyclic) bond motifs is 3. The number of ether oxygens (including phenoxy) is 1. The number of benzene rings is 2. The van der Waals surface area contributed by atoms with Crippen LogP contribution in [0.25, 0.3) is 33.0 Å². The maximum Gasteiger partial charge on any atom is 0.330 e. The van der Waals surface area contributed by atoms with Gasteiger partial charge in [-0.15, -0.1) is 0 Å². The second-order valence-electron chi connectivity index (χ2n) is 9.44. The smallest absolute Gasteiger partial charge is 0.330 e. The number of hydrogen-bond donors (Lipinski definition) is 0. The molecule has 2 aromatic carbocycles. The number of halogens is 1. The highest BCUT2D eigenvalue weighted by molar-refractivity contribution is 5.81. The third-order valence-electron chi connectivity index (χ3n) is 7.40. The number of nitrogens with zero attached hydrogens (tertiary/aromatic N) is 8. The summed E-state index contributed by atoms with van der Waals surface area (Å²) in [7, 11) is 0. The van der Waals surface area contributed by atoms with E-state index in [0.29, 0.717) is 65.7 Å². The summed E-state index contributed by atoms with van der Waals surface area (Å²) in [6, 6.07) is 9.30. The van der Waals surface area contributed by atoms with Crippen LogP contribution >= 0.6 is 0 Å². The predicted octanol–water partition coefficient (Wildman–Crippen LogP) is 4.34. The maximum absolute atomic E-state index is 14.0. The van der Waals surface area contributed by atoms with E-state index in [2.05, 4.69) is 33.6 Å². The summed E-state index contributed by atoms with van der Waals surface area (Å²) in [5, 5.41) is 0. The molecule has 11 heteroatoms. The molecular weight excluding hydrogens is 499 g/mol. The summed E-state index contributed by atoms with van der Waals surface area (Å²) in [4.78, 5) is 33.7. The van der Waals surface area contributed by atoms with Gasteiger partial charge in [-0.25, -0.2) is 24.0 Å². The van der Waals surface area contributed by atoms with E-state index in [-0.39, 0.29) is 11.7 Å². The Bertz CT molecular complexity index is 1790. The second kappa shape index (κ2) is 9.96. The van der Waals surface area contributed by atoms with Crippen molar-refractivity contribution in [1.29, 1.82) is 0 Å². The average Bonchev–Trinajstić information content (AvgIpc) is 3.50. The summed E-state index contributed by atoms with van der Waals surface area (Å²) in [5.41, 5.74) is 3.53. The third-order valence-corrected chi connectivity index (χ3v) is 7.40. The minimum absolute atomic E-state index is 0.198. The van der Waals surface area contributed by atoms with Crippen LogP contribution < -0.4 is 10.4 Å². The van der Waals surface area contributed by atoms with Crippen molar-refractivity contribution in [3.05, 3.63) is 82.2 Å². The van der Waals surface area contributed by atoms with Gasteiger partial charge in [-0.2, -0.15) is 4.98 Å². The highest BCUT2D eigenvalue weighted by Gasteiger charge is 2.29. The van der Waals surface area contributed by atoms with E-state index in [1.165, 1.54) is 12.1 Å². The summed E-state index contributed by atoms with van der Waals surface area (Å²) < 4.78 is 24.9. The van der Waals surface area contributed by atoms with Crippen LogP contribution in [0.15, 0.2) is 53.7 Å². The van der Waals surface area contributed by atoms with Gasteiger partial charge in [0.25, 0.3) is 0 Å². The van der Waals surface area contributed by atoms with Gasteiger partial charge < -0.3 is 9.64 Å². The fourth-order valence-electron chi connectivity index (χ4n) is 5.28. The molecule has 0 amide bonds. The van der Waals surface area contributed by atoms with Crippen molar-refractivity contribution in [3.8, 4) is 11.7 Å². The molecule has 1 aliphatic heterocycles. The van der Waals surface area contributed by atoms with Gasteiger partial charge >= 0.3 is 5.69 Å². The van der Waals surface area contributed by atoms with Gasteiger partial charge in [0.05, 0.1) is 36.5 Å². The van der Waals surface area contributed by atoms with E-state index in [1.54, 1.807) is 50.5 Å². The third kappa shape index (κ3) is 4.23. The highest BCUT2D eigenvalue weighted by Crippen LogP contribution is 2.36. The predicted molar refractivity (Wildman–Crippen MR) is 145 cm³/mol. The van der Waals surface area contributed by atoms with E-state index < -0.39 is 5.82 Å². The van der Waals surface area contributed by atoms with Gasteiger partial charge in [0.15, 0.2) is 11.3 Å². The number of imidazole rings is 2. The Hall–Kier alpha value is -4.56. The molecule has 4 heterocycles. The van der Waals surface area contributed by atoms with Crippen LogP contribution in [0, 0.1) is 12.4 Å². The molecule has 0 saturated heterocycles. The molecule has 10 nitrogen and oxygen atoms in total. The molecule has 0 N–H and O–H groups in total. The zero-order chi connectivity index (χ0) is 27.1.